The molecule has 1 heterocycles. The van der Waals surface area contributed by atoms with E-state index in [1.54, 1.807) is 10.6 Å². The highest BCUT2D eigenvalue weighted by Gasteiger charge is 2.17. The summed E-state index contributed by atoms with van der Waals surface area (Å²) < 4.78 is 16.5. The third-order valence-electron chi connectivity index (χ3n) is 5.98. The van der Waals surface area contributed by atoms with Crippen LogP contribution in [0.15, 0.2) is 77.7 Å². The second-order valence-corrected chi connectivity index (χ2v) is 8.45. The third-order valence-corrected chi connectivity index (χ3v) is 5.98. The van der Waals surface area contributed by atoms with E-state index in [-0.39, 0.29) is 16.6 Å². The van der Waals surface area contributed by atoms with Crippen molar-refractivity contribution in [2.24, 2.45) is 0 Å². The molecule has 0 aliphatic carbocycles. The van der Waals surface area contributed by atoms with E-state index in [1.807, 2.05) is 61.6 Å². The van der Waals surface area contributed by atoms with Crippen LogP contribution in [0.2, 0.25) is 0 Å². The van der Waals surface area contributed by atoms with Gasteiger partial charge in [0.1, 0.15) is 11.4 Å². The Balaban J connectivity index is 1.69. The van der Waals surface area contributed by atoms with Crippen LogP contribution in [0.25, 0.3) is 22.0 Å². The lowest BCUT2D eigenvalue weighted by molar-refractivity contribution is 0.0695. The Hall–Kier alpha value is -3.97. The Morgan fingerprint density at radius 3 is 2.34 bits per heavy atom. The molecule has 0 amide bonds. The van der Waals surface area contributed by atoms with Gasteiger partial charge >= 0.3 is 5.97 Å². The smallest absolute Gasteiger partial charge is 0.341 e. The summed E-state index contributed by atoms with van der Waals surface area (Å²) in [5.41, 5.74) is 2.79. The molecule has 0 saturated carbocycles. The standard InChI is InChI=1S/C28H28FN3O3/c1-30-13-5-6-14-31-25-16-26-22(15-24(25)29)27(33)23(28(34)35)18-32(26)17-19-9-11-21(12-10-19)20-7-3-2-4-8-20/h2-4,7-12,15-16,18,30-31H,5-6,13-14,17H2,1H3,(H,34,35). The van der Waals surface area contributed by atoms with Crippen LogP contribution in [0.1, 0.15) is 28.8 Å². The van der Waals surface area contributed by atoms with E-state index < -0.39 is 17.2 Å². The average Bonchev–Trinajstić information content (AvgIpc) is 2.87. The number of anilines is 1. The Kier molecular flexibility index (Phi) is 7.57. The van der Waals surface area contributed by atoms with Crippen LogP contribution in [-0.2, 0) is 6.54 Å². The van der Waals surface area contributed by atoms with Gasteiger partial charge in [0, 0.05) is 24.7 Å². The highest BCUT2D eigenvalue weighted by atomic mass is 19.1. The van der Waals surface area contributed by atoms with Crippen LogP contribution in [0.5, 0.6) is 0 Å². The summed E-state index contributed by atoms with van der Waals surface area (Å²) in [5, 5.41) is 15.8. The van der Waals surface area contributed by atoms with Crippen molar-refractivity contribution in [3.8, 4) is 11.1 Å². The number of unbranched alkanes of at least 4 members (excludes halogenated alkanes) is 1. The predicted molar refractivity (Wildman–Crippen MR) is 138 cm³/mol. The van der Waals surface area contributed by atoms with Gasteiger partial charge in [-0.25, -0.2) is 9.18 Å². The number of nitrogens with zero attached hydrogens (tertiary/aromatic N) is 1. The average molecular weight is 474 g/mol. The molecule has 4 rings (SSSR count). The molecule has 0 aliphatic rings. The first-order chi connectivity index (χ1) is 17.0. The molecule has 0 spiro atoms. The molecule has 3 aromatic carbocycles. The van der Waals surface area contributed by atoms with E-state index in [2.05, 4.69) is 10.6 Å². The van der Waals surface area contributed by atoms with Crippen LogP contribution < -0.4 is 16.1 Å². The number of halogens is 1. The molecule has 1 aromatic heterocycles. The number of aromatic carboxylic acids is 1. The van der Waals surface area contributed by atoms with Gasteiger partial charge in [-0.2, -0.15) is 0 Å². The van der Waals surface area contributed by atoms with Crippen molar-refractivity contribution in [3.05, 3.63) is 100 Å². The maximum Gasteiger partial charge on any atom is 0.341 e. The number of hydrogen-bond acceptors (Lipinski definition) is 4. The number of pyridine rings is 1. The summed E-state index contributed by atoms with van der Waals surface area (Å²) in [6.45, 7) is 1.80. The topological polar surface area (TPSA) is 83.4 Å². The number of aromatic nitrogens is 1. The second-order valence-electron chi connectivity index (χ2n) is 8.45. The van der Waals surface area contributed by atoms with Gasteiger partial charge in [-0.1, -0.05) is 54.6 Å². The van der Waals surface area contributed by atoms with Crippen LogP contribution in [0.4, 0.5) is 10.1 Å². The van der Waals surface area contributed by atoms with Crippen molar-refractivity contribution in [1.29, 1.82) is 0 Å². The lowest BCUT2D eigenvalue weighted by Gasteiger charge is -2.15. The molecular formula is C28H28FN3O3. The lowest BCUT2D eigenvalue weighted by atomic mass is 10.0. The molecule has 0 radical (unpaired) electrons. The van der Waals surface area contributed by atoms with E-state index in [1.165, 1.54) is 6.20 Å². The number of carboxylic acids is 1. The largest absolute Gasteiger partial charge is 0.477 e. The monoisotopic (exact) mass is 473 g/mol. The maximum atomic E-state index is 14.8. The van der Waals surface area contributed by atoms with Gasteiger partial charge in [0.2, 0.25) is 5.43 Å². The van der Waals surface area contributed by atoms with Gasteiger partial charge in [0.15, 0.2) is 0 Å². The second kappa shape index (κ2) is 11.0. The number of rotatable bonds is 10. The summed E-state index contributed by atoms with van der Waals surface area (Å²) in [4.78, 5) is 24.5. The summed E-state index contributed by atoms with van der Waals surface area (Å²) in [6.07, 6.45) is 3.15. The predicted octanol–water partition coefficient (Wildman–Crippen LogP) is 4.97. The van der Waals surface area contributed by atoms with Crippen molar-refractivity contribution in [2.45, 2.75) is 19.4 Å². The molecule has 7 heteroatoms. The first kappa shape index (κ1) is 24.2. The molecule has 4 aromatic rings. The quantitative estimate of drug-likeness (QED) is 0.284. The van der Waals surface area contributed by atoms with Crippen molar-refractivity contribution >= 4 is 22.6 Å². The Morgan fingerprint density at radius 1 is 0.971 bits per heavy atom. The molecular weight excluding hydrogens is 445 g/mol. The van der Waals surface area contributed by atoms with Crippen LogP contribution >= 0.6 is 0 Å². The van der Waals surface area contributed by atoms with Crippen molar-refractivity contribution < 1.29 is 14.3 Å². The van der Waals surface area contributed by atoms with Crippen molar-refractivity contribution in [1.82, 2.24) is 9.88 Å². The summed E-state index contributed by atoms with van der Waals surface area (Å²) in [5.74, 6) is -1.92. The zero-order valence-corrected chi connectivity index (χ0v) is 19.6. The van der Waals surface area contributed by atoms with Gasteiger partial charge in [-0.15, -0.1) is 0 Å². The fourth-order valence-corrected chi connectivity index (χ4v) is 4.11. The van der Waals surface area contributed by atoms with Gasteiger partial charge in [-0.05, 0) is 55.3 Å². The molecule has 180 valence electrons. The molecule has 0 bridgehead atoms. The number of nitrogens with one attached hydrogen (secondary N) is 2. The van der Waals surface area contributed by atoms with E-state index in [9.17, 15) is 19.1 Å². The fraction of sp³-hybridized carbons (Fsp3) is 0.214. The molecule has 0 atom stereocenters. The number of carboxylic acid groups (broad SMARTS) is 1. The third kappa shape index (κ3) is 5.58. The minimum atomic E-state index is -1.34. The summed E-state index contributed by atoms with van der Waals surface area (Å²) in [6, 6.07) is 20.7. The maximum absolute atomic E-state index is 14.8. The highest BCUT2D eigenvalue weighted by Crippen LogP contribution is 2.24. The molecule has 6 nitrogen and oxygen atoms in total. The summed E-state index contributed by atoms with van der Waals surface area (Å²) >= 11 is 0. The molecule has 35 heavy (non-hydrogen) atoms. The zero-order valence-electron chi connectivity index (χ0n) is 19.6. The number of fused-ring (bicyclic) bond motifs is 1. The molecule has 0 fully saturated rings. The van der Waals surface area contributed by atoms with Gasteiger partial charge in [0.25, 0.3) is 0 Å². The minimum absolute atomic E-state index is 0.0454. The van der Waals surface area contributed by atoms with Crippen LogP contribution in [-0.4, -0.2) is 35.8 Å². The Labute approximate surface area is 203 Å². The van der Waals surface area contributed by atoms with E-state index >= 15 is 0 Å². The lowest BCUT2D eigenvalue weighted by Crippen LogP contribution is -2.20. The van der Waals surface area contributed by atoms with E-state index in [0.717, 1.165) is 42.1 Å². The highest BCUT2D eigenvalue weighted by molar-refractivity contribution is 5.93. The minimum Gasteiger partial charge on any atom is -0.477 e. The van der Waals surface area contributed by atoms with E-state index in [4.69, 9.17) is 0 Å². The van der Waals surface area contributed by atoms with Gasteiger partial charge in [-0.3, -0.25) is 4.79 Å². The van der Waals surface area contributed by atoms with Gasteiger partial charge < -0.3 is 20.3 Å². The molecule has 0 aliphatic heterocycles. The SMILES string of the molecule is CNCCCCNc1cc2c(cc1F)c(=O)c(C(=O)O)cn2Cc1ccc(-c2ccccc2)cc1. The fourth-order valence-electron chi connectivity index (χ4n) is 4.11. The number of hydrogen-bond donors (Lipinski definition) is 3. The van der Waals surface area contributed by atoms with E-state index in [0.29, 0.717) is 18.6 Å². The molecule has 0 unspecified atom stereocenters. The van der Waals surface area contributed by atoms with Crippen molar-refractivity contribution in [2.75, 3.05) is 25.5 Å². The normalized spacial score (nSPS) is 11.0. The molecule has 3 N–H and O–H groups in total. The van der Waals surface area contributed by atoms with Crippen LogP contribution in [0.3, 0.4) is 0 Å². The first-order valence-corrected chi connectivity index (χ1v) is 11.6. The van der Waals surface area contributed by atoms with Crippen molar-refractivity contribution in [3.63, 3.8) is 0 Å². The summed E-state index contributed by atoms with van der Waals surface area (Å²) in [7, 11) is 1.89. The zero-order chi connectivity index (χ0) is 24.8. The Morgan fingerprint density at radius 2 is 1.66 bits per heavy atom. The number of benzene rings is 3. The number of carbonyl (C=O) groups is 1. The first-order valence-electron chi connectivity index (χ1n) is 11.6. The molecule has 0 saturated heterocycles. The Bertz CT molecular complexity index is 1380. The van der Waals surface area contributed by atoms with Crippen LogP contribution in [0, 0.1) is 5.82 Å². The van der Waals surface area contributed by atoms with Gasteiger partial charge in [0.05, 0.1) is 11.2 Å².